The molecule has 2 N–H and O–H groups in total. The summed E-state index contributed by atoms with van der Waals surface area (Å²) in [4.78, 5) is 0. The molecular formula is C12H19N2O+. The summed E-state index contributed by atoms with van der Waals surface area (Å²) in [6, 6.07) is 0. The van der Waals surface area contributed by atoms with Crippen LogP contribution in [0.5, 0.6) is 0 Å². The fourth-order valence-electron chi connectivity index (χ4n) is 2.13. The van der Waals surface area contributed by atoms with Crippen LogP contribution < -0.4 is 10.4 Å². The maximum Gasteiger partial charge on any atom is 0.347 e. The molecule has 3 heteroatoms. The van der Waals surface area contributed by atoms with Crippen LogP contribution in [-0.4, -0.2) is 25.3 Å². The van der Waals surface area contributed by atoms with Crippen LogP contribution in [0.15, 0.2) is 11.6 Å². The molecule has 0 saturated carbocycles. The Morgan fingerprint density at radius 1 is 1.47 bits per heavy atom. The summed E-state index contributed by atoms with van der Waals surface area (Å²) in [5, 5.41) is 0. The maximum atomic E-state index is 5.76. The molecule has 0 amide bonds. The Labute approximate surface area is 90.7 Å². The second-order valence-electron chi connectivity index (χ2n) is 4.77. The second-order valence-corrected chi connectivity index (χ2v) is 4.77. The minimum atomic E-state index is 0.233. The average molecular weight is 207 g/mol. The van der Waals surface area contributed by atoms with E-state index < -0.39 is 0 Å². The van der Waals surface area contributed by atoms with Crippen molar-refractivity contribution in [3.8, 4) is 0 Å². The monoisotopic (exact) mass is 207 g/mol. The lowest BCUT2D eigenvalue weighted by atomic mass is 9.74. The molecule has 1 atom stereocenters. The van der Waals surface area contributed by atoms with E-state index in [2.05, 4.69) is 24.6 Å². The van der Waals surface area contributed by atoms with Gasteiger partial charge < -0.3 is 4.74 Å². The van der Waals surface area contributed by atoms with E-state index in [1.807, 2.05) is 6.21 Å². The minimum Gasteiger partial charge on any atom is -0.381 e. The van der Waals surface area contributed by atoms with Crippen LogP contribution in [-0.2, 0) is 4.74 Å². The van der Waals surface area contributed by atoms with Gasteiger partial charge in [-0.05, 0) is 19.8 Å². The number of hydrogen-bond donors (Lipinski definition) is 1. The van der Waals surface area contributed by atoms with Crippen LogP contribution in [0.2, 0.25) is 0 Å². The van der Waals surface area contributed by atoms with Gasteiger partial charge in [-0.25, -0.2) is 4.67 Å². The van der Waals surface area contributed by atoms with Gasteiger partial charge in [-0.1, -0.05) is 13.0 Å². The first-order valence-electron chi connectivity index (χ1n) is 5.58. The number of hydrogen-bond acceptors (Lipinski definition) is 2. The first-order chi connectivity index (χ1) is 7.12. The van der Waals surface area contributed by atoms with Gasteiger partial charge in [-0.15, -0.1) is 0 Å². The SMILES string of the molecule is CC1C=C(C2(C)CCOCC2)C=[N+]=C1N. The van der Waals surface area contributed by atoms with Gasteiger partial charge >= 0.3 is 5.84 Å². The number of nitrogens with two attached hydrogens (primary N) is 1. The lowest BCUT2D eigenvalue weighted by Gasteiger charge is -2.34. The van der Waals surface area contributed by atoms with Crippen molar-refractivity contribution in [1.29, 1.82) is 0 Å². The van der Waals surface area contributed by atoms with Gasteiger partial charge in [-0.3, -0.25) is 5.73 Å². The van der Waals surface area contributed by atoms with Gasteiger partial charge in [0.05, 0.1) is 5.92 Å². The fourth-order valence-corrected chi connectivity index (χ4v) is 2.13. The third-order valence-electron chi connectivity index (χ3n) is 3.54. The third kappa shape index (κ3) is 1.99. The standard InChI is InChI=1S/C12H18N2O/c1-9-7-10(8-14-11(9)13)12(2)3-5-15-6-4-12/h7-9,13H,3-6H2,1-2H3/p+1. The summed E-state index contributed by atoms with van der Waals surface area (Å²) in [6.45, 7) is 6.10. The van der Waals surface area contributed by atoms with E-state index in [1.165, 1.54) is 5.57 Å². The second kappa shape index (κ2) is 3.84. The van der Waals surface area contributed by atoms with Crippen molar-refractivity contribution in [2.24, 2.45) is 17.1 Å². The summed E-state index contributed by atoms with van der Waals surface area (Å²) in [5.74, 6) is 0.985. The number of amidine groups is 1. The maximum absolute atomic E-state index is 5.76. The zero-order valence-electron chi connectivity index (χ0n) is 9.49. The van der Waals surface area contributed by atoms with Gasteiger partial charge in [0.1, 0.15) is 0 Å². The van der Waals surface area contributed by atoms with Gasteiger partial charge in [0, 0.05) is 24.2 Å². The zero-order chi connectivity index (χ0) is 10.9. The average Bonchev–Trinajstić information content (AvgIpc) is 2.23. The van der Waals surface area contributed by atoms with E-state index in [9.17, 15) is 0 Å². The Bertz CT molecular complexity index is 345. The van der Waals surface area contributed by atoms with Crippen LogP contribution in [0.1, 0.15) is 26.7 Å². The highest BCUT2D eigenvalue weighted by Crippen LogP contribution is 2.37. The van der Waals surface area contributed by atoms with E-state index >= 15 is 0 Å². The predicted molar refractivity (Wildman–Crippen MR) is 62.8 cm³/mol. The van der Waals surface area contributed by atoms with Gasteiger partial charge in [0.2, 0.25) is 0 Å². The molecule has 0 aromatic heterocycles. The van der Waals surface area contributed by atoms with Crippen LogP contribution in [0, 0.1) is 11.3 Å². The van der Waals surface area contributed by atoms with E-state index in [4.69, 9.17) is 10.5 Å². The molecule has 0 radical (unpaired) electrons. The highest BCUT2D eigenvalue weighted by molar-refractivity contribution is 5.94. The molecule has 2 aliphatic heterocycles. The smallest absolute Gasteiger partial charge is 0.347 e. The summed E-state index contributed by atoms with van der Waals surface area (Å²) < 4.78 is 9.68. The summed E-state index contributed by atoms with van der Waals surface area (Å²) in [7, 11) is 0. The highest BCUT2D eigenvalue weighted by Gasteiger charge is 2.33. The van der Waals surface area contributed by atoms with Crippen molar-refractivity contribution in [1.82, 2.24) is 4.67 Å². The minimum absolute atomic E-state index is 0.233. The largest absolute Gasteiger partial charge is 0.381 e. The molecule has 1 fully saturated rings. The molecule has 0 aromatic rings. The molecule has 0 bridgehead atoms. The molecule has 2 heterocycles. The molecule has 15 heavy (non-hydrogen) atoms. The van der Waals surface area contributed by atoms with Crippen molar-refractivity contribution in [3.05, 3.63) is 11.6 Å². The van der Waals surface area contributed by atoms with Crippen LogP contribution >= 0.6 is 0 Å². The first kappa shape index (κ1) is 10.5. The topological polar surface area (TPSA) is 49.4 Å². The highest BCUT2D eigenvalue weighted by atomic mass is 16.5. The molecule has 2 aliphatic rings. The van der Waals surface area contributed by atoms with Crippen molar-refractivity contribution in [2.45, 2.75) is 26.7 Å². The molecule has 82 valence electrons. The molecule has 1 unspecified atom stereocenters. The summed E-state index contributed by atoms with van der Waals surface area (Å²) in [6.07, 6.45) is 6.34. The Morgan fingerprint density at radius 2 is 2.13 bits per heavy atom. The molecule has 0 spiro atoms. The van der Waals surface area contributed by atoms with Crippen molar-refractivity contribution >= 4 is 12.1 Å². The number of rotatable bonds is 1. The van der Waals surface area contributed by atoms with Crippen molar-refractivity contribution in [2.75, 3.05) is 13.2 Å². The Morgan fingerprint density at radius 3 is 2.73 bits per heavy atom. The molecule has 3 nitrogen and oxygen atoms in total. The number of nitrogens with zero attached hydrogens (tertiary/aromatic N) is 1. The normalized spacial score (nSPS) is 29.6. The van der Waals surface area contributed by atoms with Gasteiger partial charge in [-0.2, -0.15) is 0 Å². The van der Waals surface area contributed by atoms with Crippen LogP contribution in [0.3, 0.4) is 0 Å². The van der Waals surface area contributed by atoms with Crippen molar-refractivity contribution in [3.63, 3.8) is 0 Å². The van der Waals surface area contributed by atoms with E-state index in [0.29, 0.717) is 0 Å². The number of allylic oxidation sites excluding steroid dienone is 1. The Hall–Kier alpha value is -1.05. The quantitative estimate of drug-likeness (QED) is 0.649. The fraction of sp³-hybridized carbons (Fsp3) is 0.667. The summed E-state index contributed by atoms with van der Waals surface area (Å²) in [5.41, 5.74) is 7.32. The lowest BCUT2D eigenvalue weighted by molar-refractivity contribution is 0.0424. The Kier molecular flexibility index (Phi) is 2.68. The van der Waals surface area contributed by atoms with Crippen molar-refractivity contribution < 1.29 is 4.74 Å². The van der Waals surface area contributed by atoms with Gasteiger partial charge in [0.25, 0.3) is 0 Å². The molecule has 0 aliphatic carbocycles. The first-order valence-corrected chi connectivity index (χ1v) is 5.58. The van der Waals surface area contributed by atoms with E-state index in [1.54, 1.807) is 0 Å². The molecule has 1 saturated heterocycles. The zero-order valence-corrected chi connectivity index (χ0v) is 9.49. The van der Waals surface area contributed by atoms with Gasteiger partial charge in [0.15, 0.2) is 6.21 Å². The molecule has 2 rings (SSSR count). The van der Waals surface area contributed by atoms with Crippen LogP contribution in [0.4, 0.5) is 0 Å². The summed E-state index contributed by atoms with van der Waals surface area (Å²) >= 11 is 0. The lowest BCUT2D eigenvalue weighted by Crippen LogP contribution is -2.34. The van der Waals surface area contributed by atoms with Crippen LogP contribution in [0.25, 0.3) is 0 Å². The number of ether oxygens (including phenoxy) is 1. The third-order valence-corrected chi connectivity index (χ3v) is 3.54. The molecule has 0 aromatic carbocycles. The Balaban J connectivity index is 2.24. The van der Waals surface area contributed by atoms with E-state index in [-0.39, 0.29) is 11.3 Å². The van der Waals surface area contributed by atoms with E-state index in [0.717, 1.165) is 31.9 Å². The predicted octanol–water partition coefficient (Wildman–Crippen LogP) is 0.874. The molecular weight excluding hydrogens is 188 g/mol.